The lowest BCUT2D eigenvalue weighted by atomic mass is 10.1. The topological polar surface area (TPSA) is 50.8 Å². The SMILES string of the molecule is COC[C@H](Cc1ccccc1)N(C)C(=O)Nc1cccc(OC)c1. The minimum absolute atomic E-state index is 0.0528. The summed E-state index contributed by atoms with van der Waals surface area (Å²) in [6, 6.07) is 17.1. The number of rotatable bonds is 7. The molecule has 5 nitrogen and oxygen atoms in total. The van der Waals surface area contributed by atoms with Crippen molar-refractivity contribution in [3.05, 3.63) is 60.2 Å². The third kappa shape index (κ3) is 4.99. The monoisotopic (exact) mass is 328 g/mol. The van der Waals surface area contributed by atoms with Gasteiger partial charge in [0.05, 0.1) is 19.8 Å². The molecule has 0 unspecified atom stereocenters. The van der Waals surface area contributed by atoms with Crippen LogP contribution in [0.1, 0.15) is 5.56 Å². The molecule has 0 aliphatic heterocycles. The van der Waals surface area contributed by atoms with E-state index in [1.807, 2.05) is 36.4 Å². The fourth-order valence-corrected chi connectivity index (χ4v) is 2.46. The number of amides is 2. The lowest BCUT2D eigenvalue weighted by Crippen LogP contribution is -2.43. The van der Waals surface area contributed by atoms with E-state index in [1.54, 1.807) is 32.2 Å². The van der Waals surface area contributed by atoms with Crippen LogP contribution < -0.4 is 10.1 Å². The Kier molecular flexibility index (Phi) is 6.63. The van der Waals surface area contributed by atoms with Crippen molar-refractivity contribution in [2.45, 2.75) is 12.5 Å². The number of methoxy groups -OCH3 is 2. The number of likely N-dealkylation sites (N-methyl/N-ethyl adjacent to an activating group) is 1. The zero-order valence-electron chi connectivity index (χ0n) is 14.4. The molecule has 1 atom stereocenters. The van der Waals surface area contributed by atoms with Crippen LogP contribution in [0.15, 0.2) is 54.6 Å². The summed E-state index contributed by atoms with van der Waals surface area (Å²) in [5.74, 6) is 0.702. The van der Waals surface area contributed by atoms with Gasteiger partial charge in [-0.05, 0) is 24.1 Å². The van der Waals surface area contributed by atoms with Crippen LogP contribution in [0.5, 0.6) is 5.75 Å². The van der Waals surface area contributed by atoms with Crippen molar-refractivity contribution in [3.63, 3.8) is 0 Å². The molecule has 24 heavy (non-hydrogen) atoms. The highest BCUT2D eigenvalue weighted by molar-refractivity contribution is 5.89. The van der Waals surface area contributed by atoms with Crippen LogP contribution in [0.25, 0.3) is 0 Å². The first-order valence-electron chi connectivity index (χ1n) is 7.84. The molecular formula is C19H24N2O3. The number of nitrogens with one attached hydrogen (secondary N) is 1. The third-order valence-electron chi connectivity index (χ3n) is 3.86. The van der Waals surface area contributed by atoms with E-state index in [-0.39, 0.29) is 12.1 Å². The molecule has 0 spiro atoms. The minimum Gasteiger partial charge on any atom is -0.497 e. The molecule has 5 heteroatoms. The van der Waals surface area contributed by atoms with Gasteiger partial charge >= 0.3 is 6.03 Å². The first-order chi connectivity index (χ1) is 11.6. The van der Waals surface area contributed by atoms with Gasteiger partial charge in [-0.15, -0.1) is 0 Å². The molecule has 0 heterocycles. The molecule has 0 aliphatic carbocycles. The maximum atomic E-state index is 12.5. The molecule has 2 amide bonds. The summed E-state index contributed by atoms with van der Waals surface area (Å²) < 4.78 is 10.5. The van der Waals surface area contributed by atoms with Crippen molar-refractivity contribution in [1.29, 1.82) is 0 Å². The van der Waals surface area contributed by atoms with Crippen LogP contribution in [-0.2, 0) is 11.2 Å². The Labute approximate surface area is 143 Å². The molecule has 2 aromatic rings. The van der Waals surface area contributed by atoms with Crippen LogP contribution in [0, 0.1) is 0 Å². The Hall–Kier alpha value is -2.53. The predicted octanol–water partition coefficient (Wildman–Crippen LogP) is 3.42. The predicted molar refractivity (Wildman–Crippen MR) is 95.6 cm³/mol. The van der Waals surface area contributed by atoms with E-state index in [0.717, 1.165) is 6.42 Å². The van der Waals surface area contributed by atoms with E-state index in [2.05, 4.69) is 17.4 Å². The highest BCUT2D eigenvalue weighted by Crippen LogP contribution is 2.17. The number of hydrogen-bond donors (Lipinski definition) is 1. The van der Waals surface area contributed by atoms with Crippen molar-refractivity contribution < 1.29 is 14.3 Å². The minimum atomic E-state index is -0.179. The molecule has 0 saturated carbocycles. The van der Waals surface area contributed by atoms with Crippen LogP contribution in [-0.4, -0.2) is 44.8 Å². The summed E-state index contributed by atoms with van der Waals surface area (Å²) in [7, 11) is 5.02. The number of urea groups is 1. The molecule has 2 aromatic carbocycles. The van der Waals surface area contributed by atoms with E-state index in [9.17, 15) is 4.79 Å². The first-order valence-corrected chi connectivity index (χ1v) is 7.84. The first kappa shape index (κ1) is 17.8. The molecule has 1 N–H and O–H groups in total. The fraction of sp³-hybridized carbons (Fsp3) is 0.316. The molecule has 128 valence electrons. The zero-order valence-corrected chi connectivity index (χ0v) is 14.4. The normalized spacial score (nSPS) is 11.6. The second kappa shape index (κ2) is 8.93. The Morgan fingerprint density at radius 2 is 1.88 bits per heavy atom. The molecule has 2 rings (SSSR count). The summed E-state index contributed by atoms with van der Waals surface area (Å²) in [4.78, 5) is 14.2. The van der Waals surface area contributed by atoms with Gasteiger partial charge in [-0.2, -0.15) is 0 Å². The second-order valence-corrected chi connectivity index (χ2v) is 5.57. The molecule has 0 bridgehead atoms. The quantitative estimate of drug-likeness (QED) is 0.847. The van der Waals surface area contributed by atoms with Gasteiger partial charge < -0.3 is 19.7 Å². The smallest absolute Gasteiger partial charge is 0.321 e. The van der Waals surface area contributed by atoms with Gasteiger partial charge in [0.2, 0.25) is 0 Å². The highest BCUT2D eigenvalue weighted by atomic mass is 16.5. The van der Waals surface area contributed by atoms with Gasteiger partial charge in [-0.25, -0.2) is 4.79 Å². The van der Waals surface area contributed by atoms with Gasteiger partial charge in [0.25, 0.3) is 0 Å². The van der Waals surface area contributed by atoms with Gasteiger partial charge in [-0.3, -0.25) is 0 Å². The number of anilines is 1. The van der Waals surface area contributed by atoms with Crippen LogP contribution >= 0.6 is 0 Å². The Balaban J connectivity index is 2.04. The summed E-state index contributed by atoms with van der Waals surface area (Å²) in [5.41, 5.74) is 1.86. The van der Waals surface area contributed by atoms with Crippen molar-refractivity contribution in [1.82, 2.24) is 4.90 Å². The van der Waals surface area contributed by atoms with Gasteiger partial charge in [0, 0.05) is 25.9 Å². The molecule has 0 radical (unpaired) electrons. The maximum absolute atomic E-state index is 12.5. The Bertz CT molecular complexity index is 646. The van der Waals surface area contributed by atoms with E-state index in [4.69, 9.17) is 9.47 Å². The van der Waals surface area contributed by atoms with Crippen molar-refractivity contribution in [2.24, 2.45) is 0 Å². The third-order valence-corrected chi connectivity index (χ3v) is 3.86. The number of hydrogen-bond acceptors (Lipinski definition) is 3. The van der Waals surface area contributed by atoms with E-state index in [1.165, 1.54) is 5.56 Å². The summed E-state index contributed by atoms with van der Waals surface area (Å²) >= 11 is 0. The molecule has 0 aromatic heterocycles. The van der Waals surface area contributed by atoms with Crippen molar-refractivity contribution in [3.8, 4) is 5.75 Å². The number of nitrogens with zero attached hydrogens (tertiary/aromatic N) is 1. The second-order valence-electron chi connectivity index (χ2n) is 5.57. The molecule has 0 aliphatic rings. The lowest BCUT2D eigenvalue weighted by Gasteiger charge is -2.28. The molecule has 0 fully saturated rings. The zero-order chi connectivity index (χ0) is 17.4. The lowest BCUT2D eigenvalue weighted by molar-refractivity contribution is 0.120. The van der Waals surface area contributed by atoms with Crippen molar-refractivity contribution in [2.75, 3.05) is 33.2 Å². The Morgan fingerprint density at radius 1 is 1.12 bits per heavy atom. The van der Waals surface area contributed by atoms with E-state index in [0.29, 0.717) is 18.0 Å². The van der Waals surface area contributed by atoms with E-state index >= 15 is 0 Å². The standard InChI is InChI=1S/C19H24N2O3/c1-21(17(14-23-2)12-15-8-5-4-6-9-15)19(22)20-16-10-7-11-18(13-16)24-3/h4-11,13,17H,12,14H2,1-3H3,(H,20,22)/t17-/m0/s1. The molecule has 0 saturated heterocycles. The summed E-state index contributed by atoms with van der Waals surface area (Å²) in [6.45, 7) is 0.469. The number of benzene rings is 2. The van der Waals surface area contributed by atoms with E-state index < -0.39 is 0 Å². The summed E-state index contributed by atoms with van der Waals surface area (Å²) in [5, 5.41) is 2.89. The van der Waals surface area contributed by atoms with Gasteiger partial charge in [0.1, 0.15) is 5.75 Å². The number of ether oxygens (including phenoxy) is 2. The van der Waals surface area contributed by atoms with Crippen LogP contribution in [0.4, 0.5) is 10.5 Å². The van der Waals surface area contributed by atoms with Crippen LogP contribution in [0.3, 0.4) is 0 Å². The van der Waals surface area contributed by atoms with Crippen molar-refractivity contribution >= 4 is 11.7 Å². The number of carbonyl (C=O) groups excluding carboxylic acids is 1. The maximum Gasteiger partial charge on any atom is 0.321 e. The summed E-state index contributed by atoms with van der Waals surface area (Å²) in [6.07, 6.45) is 0.733. The average Bonchev–Trinajstić information content (AvgIpc) is 2.61. The highest BCUT2D eigenvalue weighted by Gasteiger charge is 2.20. The Morgan fingerprint density at radius 3 is 2.54 bits per heavy atom. The fourth-order valence-electron chi connectivity index (χ4n) is 2.46. The molecular weight excluding hydrogens is 304 g/mol. The van der Waals surface area contributed by atoms with Gasteiger partial charge in [-0.1, -0.05) is 36.4 Å². The average molecular weight is 328 g/mol. The number of carbonyl (C=O) groups is 1. The van der Waals surface area contributed by atoms with Gasteiger partial charge in [0.15, 0.2) is 0 Å². The van der Waals surface area contributed by atoms with Crippen LogP contribution in [0.2, 0.25) is 0 Å². The largest absolute Gasteiger partial charge is 0.497 e.